The van der Waals surface area contributed by atoms with E-state index < -0.39 is 11.6 Å². The highest BCUT2D eigenvalue weighted by molar-refractivity contribution is 6.17. The summed E-state index contributed by atoms with van der Waals surface area (Å²) >= 11 is 5.78. The van der Waals surface area contributed by atoms with Gasteiger partial charge in [-0.3, -0.25) is 4.68 Å². The molecule has 0 aliphatic rings. The fraction of sp³-hybridized carbons (Fsp3) is 0.286. The van der Waals surface area contributed by atoms with Gasteiger partial charge in [-0.05, 0) is 12.1 Å². The number of aromatic nitrogens is 4. The maximum Gasteiger partial charge on any atom is 0.153 e. The molecule has 0 aliphatic carbocycles. The molecule has 3 aromatic rings. The molecular formula is C14H13ClF2N4. The molecule has 4 nitrogen and oxygen atoms in total. The minimum absolute atomic E-state index is 0.165. The monoisotopic (exact) mass is 310 g/mol. The third kappa shape index (κ3) is 2.51. The van der Waals surface area contributed by atoms with E-state index in [1.54, 1.807) is 15.4 Å². The van der Waals surface area contributed by atoms with Crippen LogP contribution in [0.25, 0.3) is 11.0 Å². The first-order valence-corrected chi connectivity index (χ1v) is 7.00. The molecule has 21 heavy (non-hydrogen) atoms. The van der Waals surface area contributed by atoms with Gasteiger partial charge in [0, 0.05) is 31.6 Å². The summed E-state index contributed by atoms with van der Waals surface area (Å²) in [5.41, 5.74) is 1.50. The van der Waals surface area contributed by atoms with Crippen LogP contribution in [0.2, 0.25) is 0 Å². The summed E-state index contributed by atoms with van der Waals surface area (Å²) in [6.07, 6.45) is 2.16. The number of fused-ring (bicyclic) bond motifs is 1. The predicted molar refractivity (Wildman–Crippen MR) is 76.4 cm³/mol. The molecule has 2 heterocycles. The molecule has 0 saturated heterocycles. The van der Waals surface area contributed by atoms with Crippen molar-refractivity contribution in [3.63, 3.8) is 0 Å². The zero-order valence-electron chi connectivity index (χ0n) is 11.4. The van der Waals surface area contributed by atoms with Gasteiger partial charge in [0.1, 0.15) is 17.2 Å². The lowest BCUT2D eigenvalue weighted by Gasteiger charge is -2.09. The first kappa shape index (κ1) is 14.0. The van der Waals surface area contributed by atoms with Crippen LogP contribution in [0.1, 0.15) is 11.5 Å². The van der Waals surface area contributed by atoms with Crippen molar-refractivity contribution in [3.05, 3.63) is 47.5 Å². The molecular weight excluding hydrogens is 298 g/mol. The third-order valence-corrected chi connectivity index (χ3v) is 3.60. The van der Waals surface area contributed by atoms with Crippen molar-refractivity contribution in [1.29, 1.82) is 0 Å². The highest BCUT2D eigenvalue weighted by Gasteiger charge is 2.16. The Morgan fingerprint density at radius 1 is 1.29 bits per heavy atom. The molecule has 1 aromatic carbocycles. The minimum atomic E-state index is -0.662. The Kier molecular flexibility index (Phi) is 3.63. The predicted octanol–water partition coefficient (Wildman–Crippen LogP) is 2.88. The Labute approximate surface area is 125 Å². The van der Waals surface area contributed by atoms with Gasteiger partial charge in [0.15, 0.2) is 5.82 Å². The lowest BCUT2D eigenvalue weighted by molar-refractivity contribution is 0.590. The summed E-state index contributed by atoms with van der Waals surface area (Å²) in [7, 11) is 1.82. The maximum absolute atomic E-state index is 13.9. The van der Waals surface area contributed by atoms with Crippen LogP contribution in [0.5, 0.6) is 0 Å². The fourth-order valence-electron chi connectivity index (χ4n) is 2.37. The number of alkyl halides is 1. The van der Waals surface area contributed by atoms with Crippen LogP contribution in [0, 0.1) is 11.6 Å². The van der Waals surface area contributed by atoms with Crippen LogP contribution in [-0.4, -0.2) is 25.2 Å². The van der Waals surface area contributed by atoms with E-state index in [1.807, 2.05) is 13.1 Å². The molecule has 0 saturated carbocycles. The second-order valence-corrected chi connectivity index (χ2v) is 5.13. The van der Waals surface area contributed by atoms with Gasteiger partial charge >= 0.3 is 0 Å². The summed E-state index contributed by atoms with van der Waals surface area (Å²) in [6, 6.07) is 3.99. The molecule has 2 aromatic heterocycles. The summed E-state index contributed by atoms with van der Waals surface area (Å²) in [4.78, 5) is 4.26. The summed E-state index contributed by atoms with van der Waals surface area (Å²) in [6.45, 7) is 0.433. The van der Waals surface area contributed by atoms with Crippen LogP contribution >= 0.6 is 11.6 Å². The van der Waals surface area contributed by atoms with Crippen molar-refractivity contribution in [2.24, 2.45) is 7.05 Å². The maximum atomic E-state index is 13.9. The number of hydrogen-bond acceptors (Lipinski definition) is 2. The van der Waals surface area contributed by atoms with E-state index in [1.165, 1.54) is 6.07 Å². The normalized spacial score (nSPS) is 11.4. The highest BCUT2D eigenvalue weighted by atomic mass is 35.5. The Hall–Kier alpha value is -1.95. The Morgan fingerprint density at radius 3 is 2.76 bits per heavy atom. The van der Waals surface area contributed by atoms with Crippen molar-refractivity contribution >= 4 is 22.6 Å². The quantitative estimate of drug-likeness (QED) is 0.695. The van der Waals surface area contributed by atoms with E-state index in [-0.39, 0.29) is 5.52 Å². The molecule has 0 radical (unpaired) electrons. The average Bonchev–Trinajstić information content (AvgIpc) is 2.97. The lowest BCUT2D eigenvalue weighted by Crippen LogP contribution is -2.09. The molecule has 0 N–H and O–H groups in total. The molecule has 0 atom stereocenters. The Balaban J connectivity index is 2.18. The number of rotatable bonds is 4. The van der Waals surface area contributed by atoms with E-state index in [4.69, 9.17) is 11.6 Å². The number of hydrogen-bond donors (Lipinski definition) is 0. The SMILES string of the molecule is Cn1nccc1Cn1c(CCCl)nc2c(F)cc(F)cc21. The molecule has 7 heteroatoms. The van der Waals surface area contributed by atoms with Crippen LogP contribution in [0.15, 0.2) is 24.4 Å². The summed E-state index contributed by atoms with van der Waals surface area (Å²) in [5.74, 6) is -0.294. The molecule has 0 fully saturated rings. The van der Waals surface area contributed by atoms with E-state index >= 15 is 0 Å². The largest absolute Gasteiger partial charge is 0.322 e. The van der Waals surface area contributed by atoms with Crippen molar-refractivity contribution in [3.8, 4) is 0 Å². The smallest absolute Gasteiger partial charge is 0.153 e. The second-order valence-electron chi connectivity index (χ2n) is 4.75. The Bertz CT molecular complexity index is 794. The zero-order chi connectivity index (χ0) is 15.0. The molecule has 0 bridgehead atoms. The van der Waals surface area contributed by atoms with Gasteiger partial charge in [-0.25, -0.2) is 13.8 Å². The fourth-order valence-corrected chi connectivity index (χ4v) is 2.54. The summed E-state index contributed by atoms with van der Waals surface area (Å²) in [5, 5.41) is 4.10. The standard InChI is InChI=1S/C14H13ClF2N4/c1-20-10(3-5-18-20)8-21-12-7-9(16)6-11(17)14(12)19-13(21)2-4-15/h3,5-7H,2,4,8H2,1H3. The molecule has 0 spiro atoms. The number of aryl methyl sites for hydroxylation is 2. The van der Waals surface area contributed by atoms with Crippen molar-refractivity contribution in [2.45, 2.75) is 13.0 Å². The van der Waals surface area contributed by atoms with Crippen molar-refractivity contribution in [2.75, 3.05) is 5.88 Å². The minimum Gasteiger partial charge on any atom is -0.322 e. The van der Waals surface area contributed by atoms with Gasteiger partial charge in [0.05, 0.1) is 17.8 Å². The van der Waals surface area contributed by atoms with Gasteiger partial charge < -0.3 is 4.57 Å². The summed E-state index contributed by atoms with van der Waals surface area (Å²) < 4.78 is 30.9. The van der Waals surface area contributed by atoms with Crippen LogP contribution < -0.4 is 0 Å². The third-order valence-electron chi connectivity index (χ3n) is 3.41. The molecule has 0 aliphatic heterocycles. The van der Waals surface area contributed by atoms with Crippen LogP contribution in [-0.2, 0) is 20.0 Å². The molecule has 0 amide bonds. The van der Waals surface area contributed by atoms with E-state index in [0.29, 0.717) is 30.2 Å². The average molecular weight is 311 g/mol. The molecule has 3 rings (SSSR count). The van der Waals surface area contributed by atoms with Crippen LogP contribution in [0.4, 0.5) is 8.78 Å². The molecule has 0 unspecified atom stereocenters. The van der Waals surface area contributed by atoms with E-state index in [9.17, 15) is 8.78 Å². The van der Waals surface area contributed by atoms with E-state index in [0.717, 1.165) is 11.8 Å². The first-order valence-electron chi connectivity index (χ1n) is 6.47. The van der Waals surface area contributed by atoms with Gasteiger partial charge in [-0.15, -0.1) is 11.6 Å². The zero-order valence-corrected chi connectivity index (χ0v) is 12.1. The van der Waals surface area contributed by atoms with Gasteiger partial charge in [0.25, 0.3) is 0 Å². The second kappa shape index (κ2) is 5.44. The van der Waals surface area contributed by atoms with Gasteiger partial charge in [0.2, 0.25) is 0 Å². The Morgan fingerprint density at radius 2 is 2.10 bits per heavy atom. The van der Waals surface area contributed by atoms with Gasteiger partial charge in [-0.2, -0.15) is 5.10 Å². The lowest BCUT2D eigenvalue weighted by atomic mass is 10.3. The number of halogens is 3. The number of nitrogens with zero attached hydrogens (tertiary/aromatic N) is 4. The molecule has 110 valence electrons. The topological polar surface area (TPSA) is 35.6 Å². The van der Waals surface area contributed by atoms with E-state index in [2.05, 4.69) is 10.1 Å². The highest BCUT2D eigenvalue weighted by Crippen LogP contribution is 2.22. The van der Waals surface area contributed by atoms with Crippen LogP contribution in [0.3, 0.4) is 0 Å². The number of benzene rings is 1. The number of imidazole rings is 1. The van der Waals surface area contributed by atoms with Crippen molar-refractivity contribution in [1.82, 2.24) is 19.3 Å². The van der Waals surface area contributed by atoms with Gasteiger partial charge in [-0.1, -0.05) is 0 Å². The first-order chi connectivity index (χ1) is 10.1. The van der Waals surface area contributed by atoms with Crippen molar-refractivity contribution < 1.29 is 8.78 Å².